The first-order valence-corrected chi connectivity index (χ1v) is 4.31. The van der Waals surface area contributed by atoms with E-state index >= 15 is 0 Å². The fourth-order valence-electron chi connectivity index (χ4n) is 1.22. The summed E-state index contributed by atoms with van der Waals surface area (Å²) in [6, 6.07) is 1.82. The van der Waals surface area contributed by atoms with E-state index in [4.69, 9.17) is 5.11 Å². The smallest absolute Gasteiger partial charge is 0.275 e. The first-order valence-electron chi connectivity index (χ1n) is 4.31. The van der Waals surface area contributed by atoms with E-state index in [1.54, 1.807) is 0 Å². The highest BCUT2D eigenvalue weighted by Crippen LogP contribution is 2.23. The third kappa shape index (κ3) is 1.77. The molecule has 1 aromatic carbocycles. The van der Waals surface area contributed by atoms with Crippen molar-refractivity contribution >= 4 is 18.3 Å². The van der Waals surface area contributed by atoms with Gasteiger partial charge in [0.05, 0.1) is 6.34 Å². The summed E-state index contributed by atoms with van der Waals surface area (Å²) in [7, 11) is 0. The Labute approximate surface area is 88.9 Å². The summed E-state index contributed by atoms with van der Waals surface area (Å²) in [6.45, 7) is 0. The van der Waals surface area contributed by atoms with E-state index in [0.717, 1.165) is 12.1 Å². The zero-order valence-electron chi connectivity index (χ0n) is 7.87. The molecule has 0 atom stereocenters. The Morgan fingerprint density at radius 1 is 1.31 bits per heavy atom. The van der Waals surface area contributed by atoms with Gasteiger partial charge in [0.25, 0.3) is 5.91 Å². The van der Waals surface area contributed by atoms with Crippen LogP contribution in [0.5, 0.6) is 5.75 Å². The highest BCUT2D eigenvalue weighted by atomic mass is 19.1. The van der Waals surface area contributed by atoms with E-state index < -0.39 is 23.3 Å². The number of phenolic OH excluding ortho intramolecular Hbond substituents is 1. The van der Waals surface area contributed by atoms with Crippen LogP contribution in [0.4, 0.5) is 8.78 Å². The molecule has 16 heavy (non-hydrogen) atoms. The molecule has 1 heterocycles. The highest BCUT2D eigenvalue weighted by molar-refractivity contribution is 6.08. The normalized spacial score (nSPS) is 16.9. The van der Waals surface area contributed by atoms with Crippen molar-refractivity contribution in [2.75, 3.05) is 0 Å². The van der Waals surface area contributed by atoms with Gasteiger partial charge in [-0.1, -0.05) is 0 Å². The van der Waals surface area contributed by atoms with Crippen molar-refractivity contribution in [1.82, 2.24) is 5.32 Å². The van der Waals surface area contributed by atoms with Crippen LogP contribution >= 0.6 is 0 Å². The molecule has 0 unspecified atom stereocenters. The quantitative estimate of drug-likeness (QED) is 0.703. The maximum atomic E-state index is 13.0. The molecule has 1 aliphatic rings. The van der Waals surface area contributed by atoms with E-state index in [1.807, 2.05) is 0 Å². The topological polar surface area (TPSA) is 61.7 Å². The zero-order valence-corrected chi connectivity index (χ0v) is 7.87. The predicted octanol–water partition coefficient (Wildman–Crippen LogP) is 1.17. The minimum atomic E-state index is -1.09. The Bertz CT molecular complexity index is 501. The van der Waals surface area contributed by atoms with Gasteiger partial charge in [0.2, 0.25) is 0 Å². The van der Waals surface area contributed by atoms with Crippen LogP contribution in [0.2, 0.25) is 0 Å². The van der Waals surface area contributed by atoms with E-state index in [0.29, 0.717) is 0 Å². The minimum absolute atomic E-state index is 0.0458. The molecule has 1 aromatic rings. The fraction of sp³-hybridized carbons (Fsp3) is 0. The monoisotopic (exact) mass is 224 g/mol. The number of halogens is 2. The third-order valence-electron chi connectivity index (χ3n) is 1.97. The van der Waals surface area contributed by atoms with Crippen LogP contribution in [0.25, 0.3) is 6.08 Å². The van der Waals surface area contributed by atoms with Gasteiger partial charge in [-0.2, -0.15) is 0 Å². The lowest BCUT2D eigenvalue weighted by Gasteiger charge is -2.00. The molecule has 0 radical (unpaired) electrons. The first kappa shape index (κ1) is 10.3. The van der Waals surface area contributed by atoms with Crippen molar-refractivity contribution in [3.63, 3.8) is 0 Å². The van der Waals surface area contributed by atoms with Crippen LogP contribution < -0.4 is 5.32 Å². The standard InChI is InChI=1S/C10H6F2N2O2/c11-6-1-5(2-7(12)9(6)15)3-8-10(16)14-4-13-8/h1-4,15H,(H,13,14,16)/b8-3+. The molecule has 0 aliphatic carbocycles. The first-order chi connectivity index (χ1) is 7.58. The molecule has 0 fully saturated rings. The molecule has 2 rings (SSSR count). The van der Waals surface area contributed by atoms with Gasteiger partial charge in [0.1, 0.15) is 5.70 Å². The number of benzene rings is 1. The molecule has 4 nitrogen and oxygen atoms in total. The van der Waals surface area contributed by atoms with Gasteiger partial charge in [-0.25, -0.2) is 13.8 Å². The number of nitrogens with zero attached hydrogens (tertiary/aromatic N) is 1. The fourth-order valence-corrected chi connectivity index (χ4v) is 1.22. The second kappa shape index (κ2) is 3.73. The van der Waals surface area contributed by atoms with Crippen LogP contribution in [0.15, 0.2) is 22.8 Å². The largest absolute Gasteiger partial charge is 0.503 e. The Hall–Kier alpha value is -2.24. The van der Waals surface area contributed by atoms with Crippen molar-refractivity contribution in [1.29, 1.82) is 0 Å². The number of carbonyl (C=O) groups excluding carboxylic acids is 1. The number of aromatic hydroxyl groups is 1. The second-order valence-corrected chi connectivity index (χ2v) is 3.09. The second-order valence-electron chi connectivity index (χ2n) is 3.09. The number of rotatable bonds is 1. The maximum absolute atomic E-state index is 13.0. The molecule has 0 spiro atoms. The molecular weight excluding hydrogens is 218 g/mol. The molecule has 0 saturated heterocycles. The number of phenols is 1. The van der Waals surface area contributed by atoms with Gasteiger partial charge in [-0.3, -0.25) is 4.79 Å². The Morgan fingerprint density at radius 2 is 1.94 bits per heavy atom. The molecule has 0 bridgehead atoms. The van der Waals surface area contributed by atoms with E-state index in [1.165, 1.54) is 12.4 Å². The third-order valence-corrected chi connectivity index (χ3v) is 1.97. The highest BCUT2D eigenvalue weighted by Gasteiger charge is 2.14. The maximum Gasteiger partial charge on any atom is 0.275 e. The van der Waals surface area contributed by atoms with Crippen molar-refractivity contribution < 1.29 is 18.7 Å². The van der Waals surface area contributed by atoms with Gasteiger partial charge in [-0.15, -0.1) is 0 Å². The Morgan fingerprint density at radius 3 is 2.44 bits per heavy atom. The van der Waals surface area contributed by atoms with Crippen LogP contribution in [0.3, 0.4) is 0 Å². The number of carbonyl (C=O) groups is 1. The lowest BCUT2D eigenvalue weighted by Crippen LogP contribution is -2.14. The molecule has 0 saturated carbocycles. The van der Waals surface area contributed by atoms with E-state index in [-0.39, 0.29) is 11.3 Å². The van der Waals surface area contributed by atoms with Gasteiger partial charge >= 0.3 is 0 Å². The number of hydrogen-bond donors (Lipinski definition) is 2. The van der Waals surface area contributed by atoms with Crippen molar-refractivity contribution in [2.45, 2.75) is 0 Å². The molecule has 1 aliphatic heterocycles. The van der Waals surface area contributed by atoms with Crippen LogP contribution in [0, 0.1) is 11.6 Å². The van der Waals surface area contributed by atoms with Gasteiger partial charge < -0.3 is 10.4 Å². The summed E-state index contributed by atoms with van der Waals surface area (Å²) in [5.74, 6) is -3.67. The van der Waals surface area contributed by atoms with Crippen LogP contribution in [-0.4, -0.2) is 17.4 Å². The summed E-state index contributed by atoms with van der Waals surface area (Å²) >= 11 is 0. The molecular formula is C10H6F2N2O2. The average molecular weight is 224 g/mol. The SMILES string of the molecule is O=C1NC=N/C1=C/c1cc(F)c(O)c(F)c1. The van der Waals surface area contributed by atoms with Crippen molar-refractivity contribution in [3.8, 4) is 5.75 Å². The van der Waals surface area contributed by atoms with Crippen molar-refractivity contribution in [2.24, 2.45) is 4.99 Å². The lowest BCUT2D eigenvalue weighted by atomic mass is 10.1. The zero-order chi connectivity index (χ0) is 11.7. The molecule has 6 heteroatoms. The summed E-state index contributed by atoms with van der Waals surface area (Å²) in [5, 5.41) is 11.2. The van der Waals surface area contributed by atoms with Crippen molar-refractivity contribution in [3.05, 3.63) is 35.0 Å². The number of amides is 1. The number of nitrogens with one attached hydrogen (secondary N) is 1. The molecule has 82 valence electrons. The van der Waals surface area contributed by atoms with E-state index in [9.17, 15) is 13.6 Å². The number of aliphatic imine (C=N–C) groups is 1. The summed E-state index contributed by atoms with van der Waals surface area (Å²) in [4.78, 5) is 14.7. The minimum Gasteiger partial charge on any atom is -0.503 e. The Kier molecular flexibility index (Phi) is 2.40. The van der Waals surface area contributed by atoms with Gasteiger partial charge in [-0.05, 0) is 23.8 Å². The van der Waals surface area contributed by atoms with Gasteiger partial charge in [0, 0.05) is 0 Å². The molecule has 2 N–H and O–H groups in total. The Balaban J connectivity index is 2.43. The summed E-state index contributed by atoms with van der Waals surface area (Å²) < 4.78 is 25.9. The number of hydrogen-bond acceptors (Lipinski definition) is 3. The predicted molar refractivity (Wildman–Crippen MR) is 52.6 cm³/mol. The average Bonchev–Trinajstić information content (AvgIpc) is 2.61. The molecule has 0 aromatic heterocycles. The van der Waals surface area contributed by atoms with Gasteiger partial charge in [0.15, 0.2) is 17.4 Å². The molecule has 1 amide bonds. The summed E-state index contributed by atoms with van der Waals surface area (Å²) in [5.41, 5.74) is 0.154. The van der Waals surface area contributed by atoms with Crippen LogP contribution in [-0.2, 0) is 4.79 Å². The lowest BCUT2D eigenvalue weighted by molar-refractivity contribution is -0.115. The van der Waals surface area contributed by atoms with Crippen LogP contribution in [0.1, 0.15) is 5.56 Å². The summed E-state index contributed by atoms with van der Waals surface area (Å²) in [6.07, 6.45) is 2.39. The van der Waals surface area contributed by atoms with E-state index in [2.05, 4.69) is 10.3 Å².